The molecule has 3 aromatic carbocycles. The van der Waals surface area contributed by atoms with Crippen molar-refractivity contribution in [3.63, 3.8) is 0 Å². The molecular weight excluding hydrogens is 394 g/mol. The maximum atomic E-state index is 12.8. The lowest BCUT2D eigenvalue weighted by molar-refractivity contribution is 0.0735. The van der Waals surface area contributed by atoms with Gasteiger partial charge in [-0.15, -0.1) is 0 Å². The van der Waals surface area contributed by atoms with Crippen LogP contribution in [-0.2, 0) is 0 Å². The summed E-state index contributed by atoms with van der Waals surface area (Å²) in [6.07, 6.45) is 7.74. The summed E-state index contributed by atoms with van der Waals surface area (Å²) in [4.78, 5) is 12.8. The monoisotopic (exact) mass is 423 g/mol. The van der Waals surface area contributed by atoms with E-state index in [9.17, 15) is 4.79 Å². The van der Waals surface area contributed by atoms with Gasteiger partial charge in [-0.3, -0.25) is 0 Å². The lowest BCUT2D eigenvalue weighted by atomic mass is 9.77. The van der Waals surface area contributed by atoms with Gasteiger partial charge in [0.2, 0.25) is 0 Å². The van der Waals surface area contributed by atoms with E-state index in [2.05, 4.69) is 25.1 Å². The molecule has 0 aliphatic heterocycles. The van der Waals surface area contributed by atoms with Crippen LogP contribution in [0.1, 0.15) is 72.9 Å². The Labute approximate surface area is 190 Å². The summed E-state index contributed by atoms with van der Waals surface area (Å²) in [5, 5.41) is 9.02. The zero-order chi connectivity index (χ0) is 22.3. The molecule has 0 saturated heterocycles. The van der Waals surface area contributed by atoms with Gasteiger partial charge < -0.3 is 4.74 Å². The molecule has 0 atom stereocenters. The van der Waals surface area contributed by atoms with Crippen LogP contribution in [0.5, 0.6) is 5.75 Å². The van der Waals surface area contributed by atoms with Crippen molar-refractivity contribution in [1.29, 1.82) is 5.26 Å². The van der Waals surface area contributed by atoms with E-state index in [0.29, 0.717) is 22.8 Å². The van der Waals surface area contributed by atoms with Crippen molar-refractivity contribution in [2.75, 3.05) is 0 Å². The molecule has 1 aliphatic carbocycles. The largest absolute Gasteiger partial charge is 0.422 e. The Balaban J connectivity index is 1.44. The van der Waals surface area contributed by atoms with Crippen LogP contribution in [0.2, 0.25) is 0 Å². The summed E-state index contributed by atoms with van der Waals surface area (Å²) in [5.74, 6) is 1.65. The van der Waals surface area contributed by atoms with Crippen LogP contribution >= 0.6 is 0 Å². The molecule has 0 N–H and O–H groups in total. The quantitative estimate of drug-likeness (QED) is 0.304. The average molecular weight is 424 g/mol. The minimum Gasteiger partial charge on any atom is -0.422 e. The molecule has 1 aliphatic rings. The summed E-state index contributed by atoms with van der Waals surface area (Å²) >= 11 is 0. The third kappa shape index (κ3) is 5.08. The summed E-state index contributed by atoms with van der Waals surface area (Å²) in [6.45, 7) is 2.27. The highest BCUT2D eigenvalue weighted by molar-refractivity contribution is 5.92. The van der Waals surface area contributed by atoms with Crippen LogP contribution in [0.4, 0.5) is 0 Å². The Hall–Kier alpha value is -3.38. The Bertz CT molecular complexity index is 1090. The van der Waals surface area contributed by atoms with E-state index < -0.39 is 0 Å². The Morgan fingerprint density at radius 3 is 2.28 bits per heavy atom. The second-order valence-corrected chi connectivity index (χ2v) is 8.70. The average Bonchev–Trinajstić information content (AvgIpc) is 2.85. The number of hydrogen-bond acceptors (Lipinski definition) is 3. The smallest absolute Gasteiger partial charge is 0.343 e. The van der Waals surface area contributed by atoms with Gasteiger partial charge >= 0.3 is 5.97 Å². The summed E-state index contributed by atoms with van der Waals surface area (Å²) in [6, 6.07) is 24.8. The minimum absolute atomic E-state index is 0.357. The highest BCUT2D eigenvalue weighted by Gasteiger charge is 2.22. The van der Waals surface area contributed by atoms with Gasteiger partial charge in [0, 0.05) is 5.56 Å². The zero-order valence-electron chi connectivity index (χ0n) is 18.6. The Kier molecular flexibility index (Phi) is 7.02. The second-order valence-electron chi connectivity index (χ2n) is 8.70. The van der Waals surface area contributed by atoms with Gasteiger partial charge in [-0.05, 0) is 79.0 Å². The third-order valence-electron chi connectivity index (χ3n) is 6.58. The first-order valence-corrected chi connectivity index (χ1v) is 11.6. The number of hydrogen-bond donors (Lipinski definition) is 0. The van der Waals surface area contributed by atoms with E-state index in [1.54, 1.807) is 18.2 Å². The molecule has 3 nitrogen and oxygen atoms in total. The minimum atomic E-state index is -0.357. The van der Waals surface area contributed by atoms with Crippen molar-refractivity contribution in [2.45, 2.75) is 51.4 Å². The van der Waals surface area contributed by atoms with Gasteiger partial charge in [-0.25, -0.2) is 4.79 Å². The number of esters is 1. The van der Waals surface area contributed by atoms with Crippen LogP contribution in [0.15, 0.2) is 72.8 Å². The molecule has 0 heterocycles. The number of nitriles is 1. The number of benzene rings is 3. The van der Waals surface area contributed by atoms with Crippen LogP contribution in [-0.4, -0.2) is 5.97 Å². The van der Waals surface area contributed by atoms with E-state index in [1.165, 1.54) is 44.1 Å². The molecule has 3 heteroatoms. The Morgan fingerprint density at radius 1 is 0.938 bits per heavy atom. The SMILES string of the molecule is CCCC1CCC(c2ccc(C(=O)Oc3ccccc3-c3ccc(C#N)cc3)cc2)CC1. The van der Waals surface area contributed by atoms with Crippen molar-refractivity contribution in [2.24, 2.45) is 5.92 Å². The molecule has 0 radical (unpaired) electrons. The first-order valence-electron chi connectivity index (χ1n) is 11.6. The number of carbonyl (C=O) groups is 1. The standard InChI is InChI=1S/C29H29NO2/c1-2-5-21-8-12-23(13-9-21)24-16-18-26(19-17-24)29(31)32-28-7-4-3-6-27(28)25-14-10-22(20-30)11-15-25/h3-4,6-7,10-11,14-19,21,23H,2,5,8-9,12-13H2,1H3. The predicted molar refractivity (Wildman–Crippen MR) is 128 cm³/mol. The fourth-order valence-corrected chi connectivity index (χ4v) is 4.76. The lowest BCUT2D eigenvalue weighted by Gasteiger charge is -2.28. The van der Waals surface area contributed by atoms with Gasteiger partial charge in [0.15, 0.2) is 0 Å². The predicted octanol–water partition coefficient (Wildman–Crippen LogP) is 7.52. The van der Waals surface area contributed by atoms with Crippen molar-refractivity contribution in [3.05, 3.63) is 89.5 Å². The molecule has 0 amide bonds. The van der Waals surface area contributed by atoms with Crippen molar-refractivity contribution in [3.8, 4) is 22.9 Å². The fraction of sp³-hybridized carbons (Fsp3) is 0.310. The van der Waals surface area contributed by atoms with E-state index >= 15 is 0 Å². The number of rotatable bonds is 6. The molecule has 4 rings (SSSR count). The highest BCUT2D eigenvalue weighted by Crippen LogP contribution is 2.37. The molecular formula is C29H29NO2. The molecule has 162 valence electrons. The maximum Gasteiger partial charge on any atom is 0.343 e. The summed E-state index contributed by atoms with van der Waals surface area (Å²) in [5.41, 5.74) is 4.21. The Morgan fingerprint density at radius 2 is 1.62 bits per heavy atom. The van der Waals surface area contributed by atoms with Gasteiger partial charge in [0.05, 0.1) is 17.2 Å². The normalized spacial score (nSPS) is 18.0. The van der Waals surface area contributed by atoms with Crippen molar-refractivity contribution < 1.29 is 9.53 Å². The van der Waals surface area contributed by atoms with E-state index in [0.717, 1.165) is 17.0 Å². The number of ether oxygens (including phenoxy) is 1. The molecule has 0 aromatic heterocycles. The van der Waals surface area contributed by atoms with Crippen LogP contribution in [0, 0.1) is 17.2 Å². The molecule has 1 fully saturated rings. The zero-order valence-corrected chi connectivity index (χ0v) is 18.6. The van der Waals surface area contributed by atoms with Crippen molar-refractivity contribution in [1.82, 2.24) is 0 Å². The van der Waals surface area contributed by atoms with Gasteiger partial charge in [0.1, 0.15) is 5.75 Å². The van der Waals surface area contributed by atoms with Crippen LogP contribution in [0.25, 0.3) is 11.1 Å². The van der Waals surface area contributed by atoms with E-state index in [1.807, 2.05) is 42.5 Å². The first kappa shape index (κ1) is 21.8. The molecule has 0 unspecified atom stereocenters. The first-order chi connectivity index (χ1) is 15.7. The number of para-hydroxylation sites is 1. The van der Waals surface area contributed by atoms with Gasteiger partial charge in [0.25, 0.3) is 0 Å². The molecule has 0 spiro atoms. The number of nitrogens with zero attached hydrogens (tertiary/aromatic N) is 1. The second kappa shape index (κ2) is 10.3. The summed E-state index contributed by atoms with van der Waals surface area (Å²) < 4.78 is 5.76. The van der Waals surface area contributed by atoms with Crippen LogP contribution in [0.3, 0.4) is 0 Å². The lowest BCUT2D eigenvalue weighted by Crippen LogP contribution is -2.14. The van der Waals surface area contributed by atoms with Crippen LogP contribution < -0.4 is 4.74 Å². The van der Waals surface area contributed by atoms with Gasteiger partial charge in [-0.1, -0.05) is 62.2 Å². The molecule has 32 heavy (non-hydrogen) atoms. The van der Waals surface area contributed by atoms with Gasteiger partial charge in [-0.2, -0.15) is 5.26 Å². The van der Waals surface area contributed by atoms with E-state index in [4.69, 9.17) is 10.00 Å². The highest BCUT2D eigenvalue weighted by atomic mass is 16.5. The maximum absolute atomic E-state index is 12.8. The third-order valence-corrected chi connectivity index (χ3v) is 6.58. The molecule has 3 aromatic rings. The number of carbonyl (C=O) groups excluding carboxylic acids is 1. The van der Waals surface area contributed by atoms with Crippen molar-refractivity contribution >= 4 is 5.97 Å². The van der Waals surface area contributed by atoms with E-state index in [-0.39, 0.29) is 5.97 Å². The summed E-state index contributed by atoms with van der Waals surface area (Å²) in [7, 11) is 0. The fourth-order valence-electron chi connectivity index (χ4n) is 4.76. The topological polar surface area (TPSA) is 50.1 Å². The molecule has 0 bridgehead atoms. The molecule has 1 saturated carbocycles.